The fourth-order valence-corrected chi connectivity index (χ4v) is 7.49. The molecule has 4 rings (SSSR count). The molecule has 4 heteroatoms. The highest BCUT2D eigenvalue weighted by molar-refractivity contribution is 7.79. The maximum Gasteiger partial charge on any atom is 0.150 e. The topological polar surface area (TPSA) is 29.5 Å². The minimum Gasteiger partial charge on any atom is -0.379 e. The van der Waals surface area contributed by atoms with Crippen LogP contribution in [0.25, 0.3) is 0 Å². The Balaban J connectivity index is 1.77. The third-order valence-corrected chi connectivity index (χ3v) is 9.29. The molecule has 3 aromatic carbocycles. The summed E-state index contributed by atoms with van der Waals surface area (Å²) in [5, 5.41) is 1.86. The van der Waals surface area contributed by atoms with Crippen molar-refractivity contribution in [2.75, 3.05) is 32.8 Å². The van der Waals surface area contributed by atoms with Crippen molar-refractivity contribution in [2.24, 2.45) is 0 Å². The van der Waals surface area contributed by atoms with Gasteiger partial charge in [-0.15, -0.1) is 0 Å². The van der Waals surface area contributed by atoms with Crippen LogP contribution in [0, 0.1) is 0 Å². The summed E-state index contributed by atoms with van der Waals surface area (Å²) >= 11 is 0. The van der Waals surface area contributed by atoms with Crippen LogP contribution in [0.5, 0.6) is 0 Å². The van der Waals surface area contributed by atoms with Crippen LogP contribution in [0.4, 0.5) is 0 Å². The second-order valence-corrected chi connectivity index (χ2v) is 10.5. The van der Waals surface area contributed by atoms with Crippen LogP contribution in [0.2, 0.25) is 0 Å². The molecule has 1 aliphatic heterocycles. The summed E-state index contributed by atoms with van der Waals surface area (Å²) in [6, 6.07) is 30.5. The zero-order valence-electron chi connectivity index (χ0n) is 16.7. The average Bonchev–Trinajstić information content (AvgIpc) is 2.81. The summed E-state index contributed by atoms with van der Waals surface area (Å²) in [5.41, 5.74) is 1.09. The molecule has 0 N–H and O–H groups in total. The van der Waals surface area contributed by atoms with Gasteiger partial charge in [-0.1, -0.05) is 91.0 Å². The number of nitrogens with zero attached hydrogens (tertiary/aromatic N) is 1. The highest BCUT2D eigenvalue weighted by atomic mass is 31.2. The molecule has 1 saturated heterocycles. The Bertz CT molecular complexity index is 881. The molecule has 0 amide bonds. The lowest BCUT2D eigenvalue weighted by molar-refractivity contribution is 0.0373. The largest absolute Gasteiger partial charge is 0.379 e. The van der Waals surface area contributed by atoms with Gasteiger partial charge in [0, 0.05) is 29.4 Å². The summed E-state index contributed by atoms with van der Waals surface area (Å²) in [6.45, 7) is 4.38. The van der Waals surface area contributed by atoms with Crippen LogP contribution in [0.3, 0.4) is 0 Å². The zero-order valence-corrected chi connectivity index (χ0v) is 17.6. The van der Waals surface area contributed by atoms with Gasteiger partial charge >= 0.3 is 0 Å². The van der Waals surface area contributed by atoms with E-state index in [-0.39, 0.29) is 5.66 Å². The fourth-order valence-electron chi connectivity index (χ4n) is 4.17. The molecular weight excluding hydrogens is 377 g/mol. The molecule has 0 bridgehead atoms. The van der Waals surface area contributed by atoms with Gasteiger partial charge < -0.3 is 9.30 Å². The molecule has 0 aliphatic carbocycles. The predicted molar refractivity (Wildman–Crippen MR) is 121 cm³/mol. The van der Waals surface area contributed by atoms with Gasteiger partial charge in [0.2, 0.25) is 0 Å². The van der Waals surface area contributed by atoms with Crippen LogP contribution < -0.4 is 10.6 Å². The van der Waals surface area contributed by atoms with Gasteiger partial charge in [0.1, 0.15) is 7.14 Å². The van der Waals surface area contributed by atoms with Gasteiger partial charge in [-0.3, -0.25) is 4.90 Å². The molecule has 0 radical (unpaired) electrons. The maximum atomic E-state index is 14.9. The summed E-state index contributed by atoms with van der Waals surface area (Å²) in [7, 11) is -2.88. The number of hydrogen-bond donors (Lipinski definition) is 0. The third kappa shape index (κ3) is 4.53. The highest BCUT2D eigenvalue weighted by Crippen LogP contribution is 2.58. The molecule has 3 aromatic rings. The molecule has 0 spiro atoms. The van der Waals surface area contributed by atoms with E-state index >= 15 is 0 Å². The van der Waals surface area contributed by atoms with Gasteiger partial charge in [-0.2, -0.15) is 0 Å². The van der Waals surface area contributed by atoms with Crippen LogP contribution in [0.1, 0.15) is 17.6 Å². The number of ether oxygens (including phenoxy) is 1. The lowest BCUT2D eigenvalue weighted by Gasteiger charge is -2.32. The minimum absolute atomic E-state index is 0.0589. The summed E-state index contributed by atoms with van der Waals surface area (Å²) in [4.78, 5) is 2.43. The van der Waals surface area contributed by atoms with E-state index in [4.69, 9.17) is 4.74 Å². The second kappa shape index (κ2) is 9.54. The van der Waals surface area contributed by atoms with E-state index in [9.17, 15) is 4.57 Å². The molecule has 1 fully saturated rings. The van der Waals surface area contributed by atoms with Crippen LogP contribution in [-0.4, -0.2) is 37.7 Å². The van der Waals surface area contributed by atoms with Crippen molar-refractivity contribution in [3.05, 3.63) is 96.6 Å². The Morgan fingerprint density at radius 3 is 1.76 bits per heavy atom. The van der Waals surface area contributed by atoms with E-state index in [1.165, 1.54) is 0 Å². The Hall–Kier alpha value is -2.19. The zero-order chi connectivity index (χ0) is 19.9. The minimum atomic E-state index is -2.88. The Morgan fingerprint density at radius 2 is 1.24 bits per heavy atom. The lowest BCUT2D eigenvalue weighted by atomic mass is 10.1. The van der Waals surface area contributed by atoms with Crippen LogP contribution >= 0.6 is 7.14 Å². The predicted octanol–water partition coefficient (Wildman–Crippen LogP) is 4.46. The van der Waals surface area contributed by atoms with E-state index in [1.54, 1.807) is 0 Å². The molecule has 1 unspecified atom stereocenters. The van der Waals surface area contributed by atoms with Gasteiger partial charge in [0.05, 0.1) is 13.2 Å². The Kier molecular flexibility index (Phi) is 6.61. The highest BCUT2D eigenvalue weighted by Gasteiger charge is 2.37. The SMILES string of the molecule is O=P(c1ccccc1)(c1ccccc1)C(CCN1CCOCC1)c1ccccc1. The number of rotatable bonds is 7. The molecule has 1 aliphatic rings. The first kappa shape index (κ1) is 20.1. The van der Waals surface area contributed by atoms with Gasteiger partial charge in [0.25, 0.3) is 0 Å². The van der Waals surface area contributed by atoms with E-state index in [0.717, 1.165) is 55.4 Å². The van der Waals surface area contributed by atoms with Gasteiger partial charge in [-0.05, 0) is 18.5 Å². The van der Waals surface area contributed by atoms with E-state index < -0.39 is 7.14 Å². The van der Waals surface area contributed by atoms with E-state index in [0.29, 0.717) is 0 Å². The van der Waals surface area contributed by atoms with Crippen molar-refractivity contribution in [1.29, 1.82) is 0 Å². The van der Waals surface area contributed by atoms with E-state index in [1.807, 2.05) is 66.7 Å². The summed E-state index contributed by atoms with van der Waals surface area (Å²) < 4.78 is 20.4. The van der Waals surface area contributed by atoms with E-state index in [2.05, 4.69) is 29.2 Å². The molecular formula is C25H28NO2P. The number of hydrogen-bond acceptors (Lipinski definition) is 3. The normalized spacial score (nSPS) is 16.4. The Labute approximate surface area is 173 Å². The molecule has 0 aromatic heterocycles. The van der Waals surface area contributed by atoms with Crippen molar-refractivity contribution in [2.45, 2.75) is 12.1 Å². The third-order valence-electron chi connectivity index (χ3n) is 5.73. The lowest BCUT2D eigenvalue weighted by Crippen LogP contribution is -2.37. The standard InChI is InChI=1S/C25H28NO2P/c27-29(23-12-6-2-7-13-23,24-14-8-3-9-15-24)25(22-10-4-1-5-11-22)16-17-26-18-20-28-21-19-26/h1-15,25H,16-21H2. The molecule has 3 nitrogen and oxygen atoms in total. The first-order valence-corrected chi connectivity index (χ1v) is 12.1. The number of morpholine rings is 1. The fraction of sp³-hybridized carbons (Fsp3) is 0.280. The second-order valence-electron chi connectivity index (χ2n) is 7.50. The maximum absolute atomic E-state index is 14.9. The molecule has 1 atom stereocenters. The van der Waals surface area contributed by atoms with Crippen molar-refractivity contribution >= 4 is 17.8 Å². The molecule has 150 valence electrons. The molecule has 1 heterocycles. The average molecular weight is 405 g/mol. The van der Waals surface area contributed by atoms with Crippen LogP contribution in [0.15, 0.2) is 91.0 Å². The summed E-state index contributed by atoms with van der Waals surface area (Å²) in [5.74, 6) is 0. The van der Waals surface area contributed by atoms with Crippen molar-refractivity contribution < 1.29 is 9.30 Å². The summed E-state index contributed by atoms with van der Waals surface area (Å²) in [6.07, 6.45) is 0.852. The van der Waals surface area contributed by atoms with Gasteiger partial charge in [-0.25, -0.2) is 0 Å². The smallest absolute Gasteiger partial charge is 0.150 e. The van der Waals surface area contributed by atoms with Gasteiger partial charge in [0.15, 0.2) is 0 Å². The van der Waals surface area contributed by atoms with Crippen LogP contribution in [-0.2, 0) is 9.30 Å². The number of benzene rings is 3. The quantitative estimate of drug-likeness (QED) is 0.544. The Morgan fingerprint density at radius 1 is 0.759 bits per heavy atom. The first-order valence-electron chi connectivity index (χ1n) is 10.3. The first-order chi connectivity index (χ1) is 14.3. The molecule has 29 heavy (non-hydrogen) atoms. The van der Waals surface area contributed by atoms with Crippen molar-refractivity contribution in [1.82, 2.24) is 4.90 Å². The van der Waals surface area contributed by atoms with Crippen molar-refractivity contribution in [3.63, 3.8) is 0 Å². The van der Waals surface area contributed by atoms with Crippen molar-refractivity contribution in [3.8, 4) is 0 Å². The molecule has 0 saturated carbocycles. The monoisotopic (exact) mass is 405 g/mol.